The van der Waals surface area contributed by atoms with Gasteiger partial charge in [-0.1, -0.05) is 54.6 Å². The van der Waals surface area contributed by atoms with Crippen LogP contribution in [0.4, 0.5) is 0 Å². The van der Waals surface area contributed by atoms with E-state index in [1.807, 2.05) is 48.7 Å². The minimum absolute atomic E-state index is 0.488. The van der Waals surface area contributed by atoms with Crippen molar-refractivity contribution in [1.29, 1.82) is 0 Å². The van der Waals surface area contributed by atoms with E-state index in [0.29, 0.717) is 16.1 Å². The average Bonchev–Trinajstić information content (AvgIpc) is 3.00. The third-order valence-corrected chi connectivity index (χ3v) is 4.05. The summed E-state index contributed by atoms with van der Waals surface area (Å²) in [7, 11) is 0. The zero-order valence-corrected chi connectivity index (χ0v) is 14.0. The molecular formula is C18H11BrN4O. The van der Waals surface area contributed by atoms with Crippen molar-refractivity contribution in [3.63, 3.8) is 0 Å². The largest absolute Gasteiger partial charge is 0.298 e. The molecule has 2 aromatic heterocycles. The van der Waals surface area contributed by atoms with E-state index >= 15 is 0 Å². The smallest absolute Gasteiger partial charge is 0.253 e. The molecule has 6 heteroatoms. The van der Waals surface area contributed by atoms with Crippen molar-refractivity contribution in [2.75, 3.05) is 0 Å². The minimum atomic E-state index is 0.488. The molecule has 5 nitrogen and oxygen atoms in total. The van der Waals surface area contributed by atoms with Crippen molar-refractivity contribution in [3.8, 4) is 22.4 Å². The van der Waals surface area contributed by atoms with Gasteiger partial charge in [0.15, 0.2) is 0 Å². The van der Waals surface area contributed by atoms with Gasteiger partial charge >= 0.3 is 0 Å². The lowest BCUT2D eigenvalue weighted by Crippen LogP contribution is -1.97. The van der Waals surface area contributed by atoms with E-state index in [9.17, 15) is 4.79 Å². The average molecular weight is 379 g/mol. The monoisotopic (exact) mass is 378 g/mol. The Morgan fingerprint density at radius 3 is 2.38 bits per heavy atom. The van der Waals surface area contributed by atoms with Crippen molar-refractivity contribution in [2.45, 2.75) is 0 Å². The van der Waals surface area contributed by atoms with Crippen molar-refractivity contribution in [3.05, 3.63) is 71.1 Å². The molecule has 24 heavy (non-hydrogen) atoms. The number of fused-ring (bicyclic) bond motifs is 1. The van der Waals surface area contributed by atoms with Gasteiger partial charge < -0.3 is 0 Å². The molecule has 0 atom stereocenters. The van der Waals surface area contributed by atoms with Crippen LogP contribution in [0, 0.1) is 0 Å². The van der Waals surface area contributed by atoms with Crippen LogP contribution in [0.15, 0.2) is 65.5 Å². The predicted octanol–water partition coefficient (Wildman–Crippen LogP) is 4.03. The van der Waals surface area contributed by atoms with Gasteiger partial charge in [-0.2, -0.15) is 4.98 Å². The molecular weight excluding hydrogens is 368 g/mol. The summed E-state index contributed by atoms with van der Waals surface area (Å²) in [4.78, 5) is 19.8. The van der Waals surface area contributed by atoms with Gasteiger partial charge in [0.05, 0.1) is 5.69 Å². The summed E-state index contributed by atoms with van der Waals surface area (Å²) in [5.74, 6) is 0.510. The number of rotatable bonds is 3. The lowest BCUT2D eigenvalue weighted by molar-refractivity contribution is 0.112. The maximum atomic E-state index is 10.9. The molecule has 0 unspecified atom stereocenters. The molecule has 0 aliphatic heterocycles. The Morgan fingerprint density at radius 1 is 0.917 bits per heavy atom. The highest BCUT2D eigenvalue weighted by atomic mass is 79.9. The second kappa shape index (κ2) is 5.98. The van der Waals surface area contributed by atoms with Crippen LogP contribution in [0.5, 0.6) is 0 Å². The van der Waals surface area contributed by atoms with E-state index < -0.39 is 0 Å². The first-order valence-electron chi connectivity index (χ1n) is 7.28. The number of halogens is 1. The summed E-state index contributed by atoms with van der Waals surface area (Å²) in [6.45, 7) is 0. The minimum Gasteiger partial charge on any atom is -0.298 e. The predicted molar refractivity (Wildman–Crippen MR) is 94.7 cm³/mol. The van der Waals surface area contributed by atoms with Gasteiger partial charge in [0.25, 0.3) is 5.78 Å². The van der Waals surface area contributed by atoms with Crippen molar-refractivity contribution < 1.29 is 4.79 Å². The number of hydrogen-bond acceptors (Lipinski definition) is 4. The summed E-state index contributed by atoms with van der Waals surface area (Å²) >= 11 is 3.28. The molecule has 0 saturated heterocycles. The number of nitrogens with zero attached hydrogens (tertiary/aromatic N) is 4. The molecule has 0 spiro atoms. The molecule has 2 aromatic carbocycles. The Morgan fingerprint density at radius 2 is 1.67 bits per heavy atom. The van der Waals surface area contributed by atoms with E-state index in [1.54, 1.807) is 16.6 Å². The van der Waals surface area contributed by atoms with Crippen molar-refractivity contribution in [1.82, 2.24) is 19.6 Å². The molecule has 4 aromatic rings. The molecule has 116 valence electrons. The number of aldehydes is 1. The third-order valence-electron chi connectivity index (χ3n) is 3.71. The van der Waals surface area contributed by atoms with Crippen LogP contribution in [0.3, 0.4) is 0 Å². The molecule has 0 radical (unpaired) electrons. The van der Waals surface area contributed by atoms with Gasteiger partial charge in [0.1, 0.15) is 6.29 Å². The molecule has 0 fully saturated rings. The van der Waals surface area contributed by atoms with Gasteiger partial charge in [0.2, 0.25) is 4.73 Å². The van der Waals surface area contributed by atoms with Crippen LogP contribution < -0.4 is 0 Å². The highest BCUT2D eigenvalue weighted by molar-refractivity contribution is 9.10. The first-order valence-corrected chi connectivity index (χ1v) is 8.08. The van der Waals surface area contributed by atoms with E-state index in [-0.39, 0.29) is 0 Å². The van der Waals surface area contributed by atoms with Gasteiger partial charge in [-0.3, -0.25) is 4.79 Å². The van der Waals surface area contributed by atoms with Gasteiger partial charge in [-0.15, -0.1) is 5.10 Å². The lowest BCUT2D eigenvalue weighted by atomic mass is 10.0. The van der Waals surface area contributed by atoms with Crippen molar-refractivity contribution in [2.24, 2.45) is 0 Å². The number of carbonyl (C=O) groups excluding carboxylic acids is 1. The standard InChI is InChI=1S/C18H11BrN4O/c19-17-21-18-20-16(14-8-6-12(11-24)7-9-14)15(10-23(18)22-17)13-4-2-1-3-5-13/h1-11H. The third kappa shape index (κ3) is 2.61. The van der Waals surface area contributed by atoms with Crippen LogP contribution in [-0.2, 0) is 0 Å². The maximum Gasteiger partial charge on any atom is 0.253 e. The van der Waals surface area contributed by atoms with Gasteiger partial charge in [-0.05, 0) is 21.5 Å². The summed E-state index contributed by atoms with van der Waals surface area (Å²) in [5.41, 5.74) is 4.32. The van der Waals surface area contributed by atoms with Crippen LogP contribution >= 0.6 is 15.9 Å². The van der Waals surface area contributed by atoms with Crippen molar-refractivity contribution >= 4 is 28.0 Å². The molecule has 0 aliphatic carbocycles. The molecule has 0 N–H and O–H groups in total. The van der Waals surface area contributed by atoms with E-state index in [1.165, 1.54) is 0 Å². The van der Waals surface area contributed by atoms with Crippen LogP contribution in [0.1, 0.15) is 10.4 Å². The SMILES string of the molecule is O=Cc1ccc(-c2nc3nc(Br)nn3cc2-c2ccccc2)cc1. The van der Waals surface area contributed by atoms with Gasteiger partial charge in [-0.25, -0.2) is 9.50 Å². The zero-order chi connectivity index (χ0) is 16.5. The van der Waals surface area contributed by atoms with Gasteiger partial charge in [0, 0.05) is 22.9 Å². The number of carbonyl (C=O) groups is 1. The summed E-state index contributed by atoms with van der Waals surface area (Å²) in [6, 6.07) is 17.3. The van der Waals surface area contributed by atoms with Crippen LogP contribution in [0.2, 0.25) is 0 Å². The summed E-state index contributed by atoms with van der Waals surface area (Å²) in [6.07, 6.45) is 2.74. The Balaban J connectivity index is 1.98. The summed E-state index contributed by atoms with van der Waals surface area (Å²) < 4.78 is 2.14. The van der Waals surface area contributed by atoms with Crippen LogP contribution in [-0.4, -0.2) is 25.9 Å². The Hall–Kier alpha value is -2.86. The molecule has 2 heterocycles. The normalized spacial score (nSPS) is 10.9. The number of hydrogen-bond donors (Lipinski definition) is 0. The second-order valence-electron chi connectivity index (χ2n) is 5.23. The summed E-state index contributed by atoms with van der Waals surface area (Å²) in [5, 5.41) is 4.27. The molecule has 0 bridgehead atoms. The molecule has 0 saturated carbocycles. The zero-order valence-electron chi connectivity index (χ0n) is 12.4. The maximum absolute atomic E-state index is 10.9. The molecule has 0 aliphatic rings. The van der Waals surface area contributed by atoms with Crippen LogP contribution in [0.25, 0.3) is 28.2 Å². The molecule has 0 amide bonds. The fourth-order valence-corrected chi connectivity index (χ4v) is 2.89. The molecule has 4 rings (SSSR count). The quantitative estimate of drug-likeness (QED) is 0.505. The second-order valence-corrected chi connectivity index (χ2v) is 5.94. The Bertz CT molecular complexity index is 1030. The fourth-order valence-electron chi connectivity index (χ4n) is 2.56. The fraction of sp³-hybridized carbons (Fsp3) is 0. The first kappa shape index (κ1) is 14.7. The van der Waals surface area contributed by atoms with E-state index in [2.05, 4.69) is 31.0 Å². The number of aromatic nitrogens is 4. The Labute approximate surface area is 146 Å². The topological polar surface area (TPSA) is 60.2 Å². The van der Waals surface area contributed by atoms with E-state index in [0.717, 1.165) is 28.7 Å². The van der Waals surface area contributed by atoms with E-state index in [4.69, 9.17) is 0 Å². The Kier molecular flexibility index (Phi) is 3.66. The number of benzene rings is 2. The highest BCUT2D eigenvalue weighted by Crippen LogP contribution is 2.30. The first-order chi connectivity index (χ1) is 11.7. The lowest BCUT2D eigenvalue weighted by Gasteiger charge is -2.09. The highest BCUT2D eigenvalue weighted by Gasteiger charge is 2.13.